The molecule has 0 aliphatic carbocycles. The Kier molecular flexibility index (Phi) is 8.43. The molecule has 0 saturated heterocycles. The van der Waals surface area contributed by atoms with E-state index >= 15 is 0 Å². The van der Waals surface area contributed by atoms with E-state index in [-0.39, 0.29) is 24.9 Å². The van der Waals surface area contributed by atoms with Crippen molar-refractivity contribution in [2.45, 2.75) is 38.7 Å². The van der Waals surface area contributed by atoms with E-state index in [0.717, 1.165) is 11.8 Å². The van der Waals surface area contributed by atoms with E-state index in [0.29, 0.717) is 16.8 Å². The first-order valence-electron chi connectivity index (χ1n) is 9.59. The van der Waals surface area contributed by atoms with Gasteiger partial charge in [0.2, 0.25) is 20.0 Å². The first kappa shape index (κ1) is 24.6. The van der Waals surface area contributed by atoms with Gasteiger partial charge in [0.05, 0.1) is 12.0 Å². The number of hydrogen-bond acceptors (Lipinski definition) is 5. The average molecular weight is 469 g/mol. The molecular formula is C20H28N4O5S2. The highest BCUT2D eigenvalue weighted by Crippen LogP contribution is 2.13. The third kappa shape index (κ3) is 9.37. The normalized spacial score (nSPS) is 11.9. The van der Waals surface area contributed by atoms with Crippen LogP contribution in [0, 0.1) is 0 Å². The molecule has 0 bridgehead atoms. The smallest absolute Gasteiger partial charge is 0.315 e. The molecule has 0 spiro atoms. The highest BCUT2D eigenvalue weighted by molar-refractivity contribution is 7.92. The maximum atomic E-state index is 12.2. The van der Waals surface area contributed by atoms with Gasteiger partial charge in [0.25, 0.3) is 0 Å². The van der Waals surface area contributed by atoms with Gasteiger partial charge in [-0.2, -0.15) is 0 Å². The summed E-state index contributed by atoms with van der Waals surface area (Å²) in [6.07, 6.45) is 1.06. The van der Waals surface area contributed by atoms with Gasteiger partial charge in [0.15, 0.2) is 0 Å². The SMILES string of the molecule is CC(C)NS(=O)(=O)Cc1ccccc1CNC(=O)NCc1cccc(NS(C)(=O)=O)c1. The van der Waals surface area contributed by atoms with E-state index in [1.165, 1.54) is 0 Å². The molecule has 0 aromatic heterocycles. The number of rotatable bonds is 10. The zero-order chi connectivity index (χ0) is 23.1. The van der Waals surface area contributed by atoms with Crippen LogP contribution in [-0.2, 0) is 38.9 Å². The fourth-order valence-electron chi connectivity index (χ4n) is 2.86. The topological polar surface area (TPSA) is 133 Å². The molecule has 0 fully saturated rings. The van der Waals surface area contributed by atoms with Gasteiger partial charge < -0.3 is 10.6 Å². The molecule has 0 heterocycles. The van der Waals surface area contributed by atoms with E-state index in [1.54, 1.807) is 62.4 Å². The second-order valence-corrected chi connectivity index (χ2v) is 10.9. The van der Waals surface area contributed by atoms with Gasteiger partial charge >= 0.3 is 6.03 Å². The Labute approximate surface area is 183 Å². The van der Waals surface area contributed by atoms with Crippen molar-refractivity contribution in [2.24, 2.45) is 0 Å². The first-order valence-corrected chi connectivity index (χ1v) is 13.1. The summed E-state index contributed by atoms with van der Waals surface area (Å²) in [6.45, 7) is 3.86. The highest BCUT2D eigenvalue weighted by Gasteiger charge is 2.15. The number of carbonyl (C=O) groups excluding carboxylic acids is 1. The number of carbonyl (C=O) groups is 1. The van der Waals surface area contributed by atoms with E-state index in [4.69, 9.17) is 0 Å². The molecule has 9 nitrogen and oxygen atoms in total. The Hall–Kier alpha value is -2.63. The molecule has 31 heavy (non-hydrogen) atoms. The second-order valence-electron chi connectivity index (χ2n) is 7.41. The zero-order valence-corrected chi connectivity index (χ0v) is 19.3. The number of benzene rings is 2. The summed E-state index contributed by atoms with van der Waals surface area (Å²) in [5, 5.41) is 5.41. The standard InChI is InChI=1S/C20H28N4O5S2/c1-15(2)23-31(28,29)14-18-9-5-4-8-17(18)13-22-20(25)21-12-16-7-6-10-19(11-16)24-30(3,26)27/h4-11,15,23-24H,12-14H2,1-3H3,(H2,21,22,25). The largest absolute Gasteiger partial charge is 0.334 e. The molecule has 2 aromatic rings. The van der Waals surface area contributed by atoms with Crippen LogP contribution >= 0.6 is 0 Å². The van der Waals surface area contributed by atoms with E-state index < -0.39 is 26.1 Å². The summed E-state index contributed by atoms with van der Waals surface area (Å²) in [6, 6.07) is 13.1. The van der Waals surface area contributed by atoms with Crippen molar-refractivity contribution < 1.29 is 21.6 Å². The summed E-state index contributed by atoms with van der Waals surface area (Å²) in [5.41, 5.74) is 2.43. The van der Waals surface area contributed by atoms with Crippen molar-refractivity contribution in [3.63, 3.8) is 0 Å². The van der Waals surface area contributed by atoms with E-state index in [1.807, 2.05) is 0 Å². The lowest BCUT2D eigenvalue weighted by Gasteiger charge is -2.14. The van der Waals surface area contributed by atoms with Crippen molar-refractivity contribution in [2.75, 3.05) is 11.0 Å². The molecular weight excluding hydrogens is 440 g/mol. The lowest BCUT2D eigenvalue weighted by molar-refractivity contribution is 0.240. The molecule has 2 aromatic carbocycles. The summed E-state index contributed by atoms with van der Waals surface area (Å²) >= 11 is 0. The van der Waals surface area contributed by atoms with Gasteiger partial charge in [0, 0.05) is 24.8 Å². The Morgan fingerprint density at radius 1 is 0.903 bits per heavy atom. The Morgan fingerprint density at radius 2 is 1.55 bits per heavy atom. The van der Waals surface area contributed by atoms with E-state index in [2.05, 4.69) is 20.1 Å². The highest BCUT2D eigenvalue weighted by atomic mass is 32.2. The molecule has 0 aliphatic heterocycles. The van der Waals surface area contributed by atoms with Gasteiger partial charge in [-0.1, -0.05) is 36.4 Å². The predicted molar refractivity (Wildman–Crippen MR) is 121 cm³/mol. The lowest BCUT2D eigenvalue weighted by atomic mass is 10.1. The molecule has 2 rings (SSSR count). The molecule has 170 valence electrons. The Morgan fingerprint density at radius 3 is 2.19 bits per heavy atom. The number of nitrogens with one attached hydrogen (secondary N) is 4. The molecule has 0 radical (unpaired) electrons. The fourth-order valence-corrected chi connectivity index (χ4v) is 4.90. The Bertz CT molecular complexity index is 1120. The van der Waals surface area contributed by atoms with Crippen molar-refractivity contribution in [1.82, 2.24) is 15.4 Å². The minimum absolute atomic E-state index is 0.162. The molecule has 2 amide bonds. The van der Waals surface area contributed by atoms with Crippen LogP contribution in [0.3, 0.4) is 0 Å². The van der Waals surface area contributed by atoms with Gasteiger partial charge in [-0.3, -0.25) is 4.72 Å². The van der Waals surface area contributed by atoms with Gasteiger partial charge in [-0.05, 0) is 42.7 Å². The minimum atomic E-state index is -3.49. The van der Waals surface area contributed by atoms with Gasteiger partial charge in [0.1, 0.15) is 0 Å². The van der Waals surface area contributed by atoms with Crippen molar-refractivity contribution in [3.05, 3.63) is 65.2 Å². The fraction of sp³-hybridized carbons (Fsp3) is 0.350. The van der Waals surface area contributed by atoms with Crippen molar-refractivity contribution >= 4 is 31.8 Å². The summed E-state index contributed by atoms with van der Waals surface area (Å²) in [4.78, 5) is 12.2. The summed E-state index contributed by atoms with van der Waals surface area (Å²) in [7, 11) is -6.87. The summed E-state index contributed by atoms with van der Waals surface area (Å²) in [5.74, 6) is -0.176. The van der Waals surface area contributed by atoms with Crippen LogP contribution in [0.25, 0.3) is 0 Å². The van der Waals surface area contributed by atoms with Gasteiger partial charge in [-0.25, -0.2) is 26.4 Å². The Balaban J connectivity index is 1.93. The molecule has 0 saturated carbocycles. The predicted octanol–water partition coefficient (Wildman–Crippen LogP) is 1.89. The number of sulfonamides is 2. The molecule has 11 heteroatoms. The van der Waals surface area contributed by atoms with Crippen LogP contribution in [0.2, 0.25) is 0 Å². The first-order chi connectivity index (χ1) is 14.4. The van der Waals surface area contributed by atoms with Crippen LogP contribution in [0.5, 0.6) is 0 Å². The maximum Gasteiger partial charge on any atom is 0.315 e. The zero-order valence-electron chi connectivity index (χ0n) is 17.7. The van der Waals surface area contributed by atoms with Crippen LogP contribution in [-0.4, -0.2) is 35.2 Å². The molecule has 0 atom stereocenters. The van der Waals surface area contributed by atoms with Crippen LogP contribution in [0.15, 0.2) is 48.5 Å². The molecule has 0 aliphatic rings. The maximum absolute atomic E-state index is 12.2. The lowest BCUT2D eigenvalue weighted by Crippen LogP contribution is -2.35. The third-order valence-electron chi connectivity index (χ3n) is 4.00. The number of urea groups is 1. The number of amides is 2. The van der Waals surface area contributed by atoms with Crippen LogP contribution < -0.4 is 20.1 Å². The number of hydrogen-bond donors (Lipinski definition) is 4. The van der Waals surface area contributed by atoms with Crippen LogP contribution in [0.1, 0.15) is 30.5 Å². The van der Waals surface area contributed by atoms with Gasteiger partial charge in [-0.15, -0.1) is 0 Å². The van der Waals surface area contributed by atoms with E-state index in [9.17, 15) is 21.6 Å². The summed E-state index contributed by atoms with van der Waals surface area (Å²) < 4.78 is 52.0. The van der Waals surface area contributed by atoms with Crippen molar-refractivity contribution in [1.29, 1.82) is 0 Å². The van der Waals surface area contributed by atoms with Crippen LogP contribution in [0.4, 0.5) is 10.5 Å². The van der Waals surface area contributed by atoms with Crippen molar-refractivity contribution in [3.8, 4) is 0 Å². The third-order valence-corrected chi connectivity index (χ3v) is 6.13. The number of anilines is 1. The minimum Gasteiger partial charge on any atom is -0.334 e. The monoisotopic (exact) mass is 468 g/mol. The second kappa shape index (κ2) is 10.6. The quantitative estimate of drug-likeness (QED) is 0.423. The average Bonchev–Trinajstić information content (AvgIpc) is 2.63. The molecule has 4 N–H and O–H groups in total. The molecule has 0 unspecified atom stereocenters.